The molecule has 1 aliphatic heterocycles. The summed E-state index contributed by atoms with van der Waals surface area (Å²) in [6.45, 7) is 6.69. The highest BCUT2D eigenvalue weighted by Gasteiger charge is 2.21. The normalized spacial score (nSPS) is 14.3. The van der Waals surface area contributed by atoms with E-state index in [-0.39, 0.29) is 11.6 Å². The minimum absolute atomic E-state index is 0.0864. The number of hydrogen-bond acceptors (Lipinski definition) is 5. The third kappa shape index (κ3) is 6.09. The van der Waals surface area contributed by atoms with E-state index >= 15 is 0 Å². The highest BCUT2D eigenvalue weighted by molar-refractivity contribution is 5.96. The van der Waals surface area contributed by atoms with Crippen molar-refractivity contribution in [1.29, 1.82) is 0 Å². The Morgan fingerprint density at radius 1 is 1.19 bits per heavy atom. The van der Waals surface area contributed by atoms with Crippen LogP contribution in [0.15, 0.2) is 42.5 Å². The van der Waals surface area contributed by atoms with E-state index in [1.165, 1.54) is 10.7 Å². The van der Waals surface area contributed by atoms with E-state index in [2.05, 4.69) is 22.4 Å². The Kier molecular flexibility index (Phi) is 8.32. The number of halogens is 2. The molecule has 1 aromatic heterocycles. The number of aromatic nitrogens is 2. The molecule has 1 N–H and O–H groups in total. The predicted octanol–water partition coefficient (Wildman–Crippen LogP) is 4.19. The molecule has 9 heteroatoms. The lowest BCUT2D eigenvalue weighted by atomic mass is 10.1. The molecule has 4 rings (SSSR count). The van der Waals surface area contributed by atoms with Crippen LogP contribution in [0.25, 0.3) is 5.69 Å². The van der Waals surface area contributed by atoms with E-state index in [4.69, 9.17) is 9.47 Å². The van der Waals surface area contributed by atoms with E-state index in [1.807, 2.05) is 24.3 Å². The van der Waals surface area contributed by atoms with Crippen molar-refractivity contribution in [3.8, 4) is 11.4 Å². The Hall–Kier alpha value is -3.30. The topological polar surface area (TPSA) is 68.6 Å². The second-order valence-electron chi connectivity index (χ2n) is 9.06. The summed E-state index contributed by atoms with van der Waals surface area (Å²) in [5, 5.41) is 7.21. The van der Waals surface area contributed by atoms with Gasteiger partial charge in [0.2, 0.25) is 0 Å². The molecular weight excluding hydrogens is 466 g/mol. The molecule has 192 valence electrons. The van der Waals surface area contributed by atoms with Gasteiger partial charge in [-0.15, -0.1) is 0 Å². The molecule has 0 bridgehead atoms. The van der Waals surface area contributed by atoms with Gasteiger partial charge in [0.1, 0.15) is 23.9 Å². The van der Waals surface area contributed by atoms with Crippen molar-refractivity contribution in [3.05, 3.63) is 76.6 Å². The Bertz CT molecular complexity index is 1210. The molecule has 0 spiro atoms. The molecule has 0 atom stereocenters. The third-order valence-corrected chi connectivity index (χ3v) is 6.53. The molecule has 0 aliphatic carbocycles. The molecule has 7 nitrogen and oxygen atoms in total. The zero-order valence-corrected chi connectivity index (χ0v) is 20.9. The second-order valence-corrected chi connectivity index (χ2v) is 9.06. The summed E-state index contributed by atoms with van der Waals surface area (Å²) in [6.07, 6.45) is 2.09. The number of nitrogens with one attached hydrogen (secondary N) is 1. The average molecular weight is 499 g/mol. The van der Waals surface area contributed by atoms with Crippen molar-refractivity contribution in [3.63, 3.8) is 0 Å². The van der Waals surface area contributed by atoms with E-state index in [0.29, 0.717) is 36.1 Å². The van der Waals surface area contributed by atoms with Crippen LogP contribution >= 0.6 is 0 Å². The zero-order chi connectivity index (χ0) is 25.7. The number of likely N-dealkylation sites (N-methyl/N-ethyl adjacent to an activating group) is 1. The molecular formula is C27H32F2N4O3. The number of amides is 1. The van der Waals surface area contributed by atoms with Crippen LogP contribution in [0.4, 0.5) is 8.78 Å². The summed E-state index contributed by atoms with van der Waals surface area (Å²) in [5.74, 6) is -0.992. The minimum Gasteiger partial charge on any atom is -0.492 e. The fourth-order valence-electron chi connectivity index (χ4n) is 4.49. The Balaban J connectivity index is 1.34. The lowest BCUT2D eigenvalue weighted by Gasteiger charge is -2.31. The molecule has 1 aliphatic rings. The number of carbonyl (C=O) groups is 1. The first-order valence-corrected chi connectivity index (χ1v) is 12.1. The number of carbonyl (C=O) groups excluding carboxylic acids is 1. The highest BCUT2D eigenvalue weighted by Crippen LogP contribution is 2.21. The summed E-state index contributed by atoms with van der Waals surface area (Å²) >= 11 is 0. The quantitative estimate of drug-likeness (QED) is 0.479. The molecule has 3 aromatic rings. The number of aryl methyl sites for hydroxylation is 1. The maximum absolute atomic E-state index is 14.3. The first kappa shape index (κ1) is 25.8. The lowest BCUT2D eigenvalue weighted by Crippen LogP contribution is -2.38. The van der Waals surface area contributed by atoms with Crippen LogP contribution in [0.3, 0.4) is 0 Å². The average Bonchev–Trinajstić information content (AvgIpc) is 3.16. The lowest BCUT2D eigenvalue weighted by molar-refractivity contribution is 0.0392. The number of rotatable bonds is 9. The maximum Gasteiger partial charge on any atom is 0.255 e. The number of ether oxygens (including phenoxy) is 2. The zero-order valence-electron chi connectivity index (χ0n) is 20.9. The fourth-order valence-corrected chi connectivity index (χ4v) is 4.49. The van der Waals surface area contributed by atoms with Crippen LogP contribution in [-0.2, 0) is 11.3 Å². The third-order valence-electron chi connectivity index (χ3n) is 6.53. The summed E-state index contributed by atoms with van der Waals surface area (Å²) in [4.78, 5) is 15.3. The Morgan fingerprint density at radius 2 is 1.97 bits per heavy atom. The van der Waals surface area contributed by atoms with Gasteiger partial charge in [-0.05, 0) is 63.6 Å². The van der Waals surface area contributed by atoms with Gasteiger partial charge in [0.05, 0.1) is 17.0 Å². The van der Waals surface area contributed by atoms with Crippen LogP contribution in [0.5, 0.6) is 5.75 Å². The Morgan fingerprint density at radius 3 is 2.72 bits per heavy atom. The van der Waals surface area contributed by atoms with Crippen LogP contribution in [0.1, 0.15) is 40.2 Å². The molecule has 2 heterocycles. The number of nitrogens with zero attached hydrogens (tertiary/aromatic N) is 3. The van der Waals surface area contributed by atoms with E-state index in [9.17, 15) is 13.6 Å². The van der Waals surface area contributed by atoms with Gasteiger partial charge in [-0.3, -0.25) is 9.69 Å². The number of hydrogen-bond donors (Lipinski definition) is 1. The van der Waals surface area contributed by atoms with Crippen LogP contribution in [0.2, 0.25) is 0 Å². The van der Waals surface area contributed by atoms with Gasteiger partial charge in [0.15, 0.2) is 5.82 Å². The largest absolute Gasteiger partial charge is 0.492 e. The molecule has 36 heavy (non-hydrogen) atoms. The smallest absolute Gasteiger partial charge is 0.255 e. The van der Waals surface area contributed by atoms with Crippen LogP contribution in [-0.4, -0.2) is 60.0 Å². The van der Waals surface area contributed by atoms with Gasteiger partial charge in [0.25, 0.3) is 5.91 Å². The van der Waals surface area contributed by atoms with Gasteiger partial charge in [0, 0.05) is 38.4 Å². The first-order chi connectivity index (χ1) is 17.3. The molecule has 0 unspecified atom stereocenters. The maximum atomic E-state index is 14.3. The fraction of sp³-hybridized carbons (Fsp3) is 0.407. The number of benzene rings is 2. The summed E-state index contributed by atoms with van der Waals surface area (Å²) in [7, 11) is 2.11. The summed E-state index contributed by atoms with van der Waals surface area (Å²) in [5.41, 5.74) is 2.28. The Labute approximate surface area is 210 Å². The van der Waals surface area contributed by atoms with Gasteiger partial charge < -0.3 is 14.8 Å². The van der Waals surface area contributed by atoms with Crippen molar-refractivity contribution in [1.82, 2.24) is 20.0 Å². The monoisotopic (exact) mass is 498 g/mol. The SMILES string of the molecule is Cc1nn(-c2ccc(F)cc2F)c(C)c1C(=O)NCc1cccc(OCCN(C)C2CCOCC2)c1. The van der Waals surface area contributed by atoms with Crippen LogP contribution in [0, 0.1) is 25.5 Å². The van der Waals surface area contributed by atoms with Crippen molar-refractivity contribution in [2.45, 2.75) is 39.3 Å². The highest BCUT2D eigenvalue weighted by atomic mass is 19.1. The molecule has 0 saturated carbocycles. The minimum atomic E-state index is -0.747. The van der Waals surface area contributed by atoms with E-state index < -0.39 is 11.6 Å². The van der Waals surface area contributed by atoms with Gasteiger partial charge >= 0.3 is 0 Å². The van der Waals surface area contributed by atoms with Gasteiger partial charge in [-0.25, -0.2) is 13.5 Å². The van der Waals surface area contributed by atoms with Crippen molar-refractivity contribution in [2.24, 2.45) is 0 Å². The summed E-state index contributed by atoms with van der Waals surface area (Å²) < 4.78 is 40.3. The molecule has 2 aromatic carbocycles. The van der Waals surface area contributed by atoms with Crippen molar-refractivity contribution in [2.75, 3.05) is 33.4 Å². The van der Waals surface area contributed by atoms with Crippen molar-refractivity contribution >= 4 is 5.91 Å². The van der Waals surface area contributed by atoms with Gasteiger partial charge in [-0.2, -0.15) is 5.10 Å². The van der Waals surface area contributed by atoms with Gasteiger partial charge in [-0.1, -0.05) is 12.1 Å². The molecule has 1 saturated heterocycles. The molecule has 0 radical (unpaired) electrons. The summed E-state index contributed by atoms with van der Waals surface area (Å²) in [6, 6.07) is 11.4. The standard InChI is InChI=1S/C27H32F2N4O3/c1-18-26(19(2)33(31-18)25-8-7-21(28)16-24(25)29)27(34)30-17-20-5-4-6-23(15-20)36-14-11-32(3)22-9-12-35-13-10-22/h4-8,15-16,22H,9-14,17H2,1-3H3,(H,30,34). The molecule has 1 fully saturated rings. The first-order valence-electron chi connectivity index (χ1n) is 12.1. The van der Waals surface area contributed by atoms with Crippen LogP contribution < -0.4 is 10.1 Å². The van der Waals surface area contributed by atoms with E-state index in [1.54, 1.807) is 13.8 Å². The second kappa shape index (κ2) is 11.6. The van der Waals surface area contributed by atoms with Crippen molar-refractivity contribution < 1.29 is 23.0 Å². The predicted molar refractivity (Wildman–Crippen MR) is 133 cm³/mol. The molecule has 1 amide bonds. The van der Waals surface area contributed by atoms with E-state index in [0.717, 1.165) is 56.0 Å².